The summed E-state index contributed by atoms with van der Waals surface area (Å²) in [5.41, 5.74) is 1.11. The van der Waals surface area contributed by atoms with Gasteiger partial charge in [0.2, 0.25) is 10.0 Å². The third-order valence-corrected chi connectivity index (χ3v) is 4.75. The number of nitrogens with two attached hydrogens (primary N) is 1. The van der Waals surface area contributed by atoms with Crippen LogP contribution >= 0.6 is 15.9 Å². The number of nitrogens with one attached hydrogen (secondary N) is 1. The van der Waals surface area contributed by atoms with E-state index in [0.29, 0.717) is 6.54 Å². The average molecular weight is 414 g/mol. The van der Waals surface area contributed by atoms with Crippen LogP contribution in [0.4, 0.5) is 11.4 Å². The molecule has 9 heteroatoms. The van der Waals surface area contributed by atoms with Crippen molar-refractivity contribution in [1.29, 1.82) is 0 Å². The van der Waals surface area contributed by atoms with E-state index >= 15 is 0 Å². The molecule has 0 fully saturated rings. The molecule has 0 aliphatic carbocycles. The summed E-state index contributed by atoms with van der Waals surface area (Å²) in [6.45, 7) is 0.516. The first-order valence-corrected chi connectivity index (χ1v) is 9.41. The first-order chi connectivity index (χ1) is 11.3. The number of aryl methyl sites for hydroxylation is 1. The van der Waals surface area contributed by atoms with Crippen molar-refractivity contribution in [3.8, 4) is 0 Å². The molecule has 0 unspecified atom stereocenters. The van der Waals surface area contributed by atoms with E-state index in [4.69, 9.17) is 5.14 Å². The molecule has 0 aliphatic rings. The Morgan fingerprint density at radius 1 is 1.21 bits per heavy atom. The van der Waals surface area contributed by atoms with E-state index in [9.17, 15) is 18.5 Å². The fraction of sp³-hybridized carbons (Fsp3) is 0.200. The molecule has 0 aromatic heterocycles. The zero-order chi connectivity index (χ0) is 17.7. The number of hydrogen-bond donors (Lipinski definition) is 2. The largest absolute Gasteiger partial charge is 0.379 e. The molecule has 2 aromatic carbocycles. The highest BCUT2D eigenvalue weighted by molar-refractivity contribution is 9.10. The summed E-state index contributed by atoms with van der Waals surface area (Å²) in [5, 5.41) is 19.1. The summed E-state index contributed by atoms with van der Waals surface area (Å²) in [6.07, 6.45) is 1.58. The number of sulfonamides is 1. The van der Waals surface area contributed by atoms with E-state index in [-0.39, 0.29) is 16.3 Å². The van der Waals surface area contributed by atoms with Gasteiger partial charge in [0.1, 0.15) is 5.69 Å². The van der Waals surface area contributed by atoms with Crippen molar-refractivity contribution in [2.45, 2.75) is 17.7 Å². The van der Waals surface area contributed by atoms with Gasteiger partial charge in [-0.05, 0) is 42.7 Å². The topological polar surface area (TPSA) is 115 Å². The average Bonchev–Trinajstić information content (AvgIpc) is 2.50. The van der Waals surface area contributed by atoms with E-state index in [0.717, 1.165) is 28.9 Å². The summed E-state index contributed by atoms with van der Waals surface area (Å²) >= 11 is 3.41. The Bertz CT molecular complexity index is 856. The molecule has 128 valence electrons. The molecule has 24 heavy (non-hydrogen) atoms. The molecule has 2 rings (SSSR count). The maximum absolute atomic E-state index is 11.3. The van der Waals surface area contributed by atoms with Gasteiger partial charge in [-0.25, -0.2) is 13.6 Å². The van der Waals surface area contributed by atoms with Crippen LogP contribution in [0.15, 0.2) is 51.8 Å². The number of primary sulfonamides is 1. The highest BCUT2D eigenvalue weighted by atomic mass is 79.9. The summed E-state index contributed by atoms with van der Waals surface area (Å²) in [6, 6.07) is 11.5. The molecule has 7 nitrogen and oxygen atoms in total. The lowest BCUT2D eigenvalue weighted by Gasteiger charge is -2.08. The first kappa shape index (κ1) is 18.4. The molecule has 0 radical (unpaired) electrons. The fourth-order valence-electron chi connectivity index (χ4n) is 2.20. The van der Waals surface area contributed by atoms with Crippen LogP contribution in [0.25, 0.3) is 0 Å². The number of nitrogens with zero attached hydrogens (tertiary/aromatic N) is 1. The van der Waals surface area contributed by atoms with Crippen molar-refractivity contribution in [3.05, 3.63) is 62.6 Å². The van der Waals surface area contributed by atoms with Crippen LogP contribution in [0, 0.1) is 10.1 Å². The molecule has 0 aliphatic heterocycles. The van der Waals surface area contributed by atoms with E-state index in [1.54, 1.807) is 0 Å². The smallest absolute Gasteiger partial charge is 0.293 e. The molecule has 0 bridgehead atoms. The molecule has 0 amide bonds. The Kier molecular flexibility index (Phi) is 5.92. The maximum Gasteiger partial charge on any atom is 0.293 e. The third kappa shape index (κ3) is 5.02. The predicted molar refractivity (Wildman–Crippen MR) is 95.4 cm³/mol. The second-order valence-corrected chi connectivity index (χ2v) is 7.62. The minimum atomic E-state index is -3.98. The number of anilines is 1. The van der Waals surface area contributed by atoms with E-state index < -0.39 is 14.9 Å². The molecule has 2 aromatic rings. The van der Waals surface area contributed by atoms with Crippen LogP contribution in [-0.4, -0.2) is 19.9 Å². The third-order valence-electron chi connectivity index (χ3n) is 3.34. The van der Waals surface area contributed by atoms with Crippen molar-refractivity contribution < 1.29 is 13.3 Å². The summed E-state index contributed by atoms with van der Waals surface area (Å²) in [7, 11) is -3.98. The minimum absolute atomic E-state index is 0.265. The SMILES string of the molecule is NS(=O)(=O)c1ccc(NCCCc2cccc(Br)c2)c([N+](=O)[O-])c1. The Morgan fingerprint density at radius 2 is 1.96 bits per heavy atom. The second-order valence-electron chi connectivity index (χ2n) is 5.14. The molecular formula is C15H16BrN3O4S. The zero-order valence-electron chi connectivity index (χ0n) is 12.6. The van der Waals surface area contributed by atoms with Gasteiger partial charge in [-0.1, -0.05) is 28.1 Å². The van der Waals surface area contributed by atoms with E-state index in [1.807, 2.05) is 24.3 Å². The molecule has 0 saturated heterocycles. The molecule has 0 heterocycles. The summed E-state index contributed by atoms with van der Waals surface area (Å²) in [4.78, 5) is 10.2. The zero-order valence-corrected chi connectivity index (χ0v) is 15.0. The lowest BCUT2D eigenvalue weighted by molar-refractivity contribution is -0.384. The molecule has 3 N–H and O–H groups in total. The highest BCUT2D eigenvalue weighted by Crippen LogP contribution is 2.27. The van der Waals surface area contributed by atoms with Crippen molar-refractivity contribution in [2.75, 3.05) is 11.9 Å². The van der Waals surface area contributed by atoms with Gasteiger partial charge in [0, 0.05) is 17.1 Å². The minimum Gasteiger partial charge on any atom is -0.379 e. The number of nitro groups is 1. The maximum atomic E-state index is 11.3. The summed E-state index contributed by atoms with van der Waals surface area (Å²) < 4.78 is 23.6. The van der Waals surface area contributed by atoms with Gasteiger partial charge >= 0.3 is 0 Å². The molecule has 0 spiro atoms. The molecule has 0 saturated carbocycles. The Hall–Kier alpha value is -1.97. The van der Waals surface area contributed by atoms with Crippen LogP contribution < -0.4 is 10.5 Å². The van der Waals surface area contributed by atoms with Crippen molar-refractivity contribution in [3.63, 3.8) is 0 Å². The first-order valence-electron chi connectivity index (χ1n) is 7.07. The van der Waals surface area contributed by atoms with Crippen LogP contribution in [0.2, 0.25) is 0 Å². The van der Waals surface area contributed by atoms with Crippen molar-refractivity contribution >= 4 is 37.3 Å². The monoisotopic (exact) mass is 413 g/mol. The Balaban J connectivity index is 2.03. The number of hydrogen-bond acceptors (Lipinski definition) is 5. The quantitative estimate of drug-likeness (QED) is 0.411. The Morgan fingerprint density at radius 3 is 2.58 bits per heavy atom. The molecule has 0 atom stereocenters. The number of nitro benzene ring substituents is 1. The second kappa shape index (κ2) is 7.73. The molecular weight excluding hydrogens is 398 g/mol. The number of halogens is 1. The standard InChI is InChI=1S/C15H16BrN3O4S/c16-12-5-1-3-11(9-12)4-2-8-18-14-7-6-13(24(17,22)23)10-15(14)19(20)21/h1,3,5-7,9-10,18H,2,4,8H2,(H2,17,22,23). The summed E-state index contributed by atoms with van der Waals surface area (Å²) in [5.74, 6) is 0. The van der Waals surface area contributed by atoms with Gasteiger partial charge in [-0.3, -0.25) is 10.1 Å². The van der Waals surface area contributed by atoms with E-state index in [2.05, 4.69) is 21.2 Å². The number of rotatable bonds is 7. The van der Waals surface area contributed by atoms with Crippen LogP contribution in [0.5, 0.6) is 0 Å². The van der Waals surface area contributed by atoms with Gasteiger partial charge in [0.25, 0.3) is 5.69 Å². The highest BCUT2D eigenvalue weighted by Gasteiger charge is 2.18. The van der Waals surface area contributed by atoms with Crippen molar-refractivity contribution in [1.82, 2.24) is 0 Å². The van der Waals surface area contributed by atoms with E-state index in [1.165, 1.54) is 12.1 Å². The Labute approximate surface area is 148 Å². The lowest BCUT2D eigenvalue weighted by Crippen LogP contribution is -2.13. The predicted octanol–water partition coefficient (Wildman–Crippen LogP) is 3.05. The van der Waals surface area contributed by atoms with Gasteiger partial charge in [-0.15, -0.1) is 0 Å². The van der Waals surface area contributed by atoms with Gasteiger partial charge in [0.15, 0.2) is 0 Å². The van der Waals surface area contributed by atoms with Gasteiger partial charge < -0.3 is 5.32 Å². The van der Waals surface area contributed by atoms with Crippen LogP contribution in [0.3, 0.4) is 0 Å². The van der Waals surface area contributed by atoms with Crippen LogP contribution in [0.1, 0.15) is 12.0 Å². The normalized spacial score (nSPS) is 11.2. The lowest BCUT2D eigenvalue weighted by atomic mass is 10.1. The van der Waals surface area contributed by atoms with Crippen LogP contribution in [-0.2, 0) is 16.4 Å². The van der Waals surface area contributed by atoms with Crippen molar-refractivity contribution in [2.24, 2.45) is 5.14 Å². The van der Waals surface area contributed by atoms with Gasteiger partial charge in [-0.2, -0.15) is 0 Å². The fourth-order valence-corrected chi connectivity index (χ4v) is 3.18. The van der Waals surface area contributed by atoms with Gasteiger partial charge in [0.05, 0.1) is 9.82 Å². The number of benzene rings is 2.